The predicted molar refractivity (Wildman–Crippen MR) is 42.4 cm³/mol. The van der Waals surface area contributed by atoms with Gasteiger partial charge in [0, 0.05) is 0 Å². The molecule has 56 valence electrons. The van der Waals surface area contributed by atoms with Gasteiger partial charge in [-0.3, -0.25) is 0 Å². The number of halogens is 3. The Kier molecular flexibility index (Phi) is 56.6. The van der Waals surface area contributed by atoms with Crippen molar-refractivity contribution in [3.63, 3.8) is 0 Å². The van der Waals surface area contributed by atoms with Gasteiger partial charge >= 0.3 is 139 Å². The molecule has 0 N–H and O–H groups in total. The molecule has 0 heterocycles. The summed E-state index contributed by atoms with van der Waals surface area (Å²) >= 11 is 1.87. The van der Waals surface area contributed by atoms with Crippen LogP contribution in [0.5, 0.6) is 0 Å². The molecule has 0 atom stereocenters. The van der Waals surface area contributed by atoms with Crippen molar-refractivity contribution in [2.75, 3.05) is 0 Å². The van der Waals surface area contributed by atoms with Gasteiger partial charge in [-0.1, -0.05) is 0 Å². The maximum atomic E-state index is 8.55. The van der Waals surface area contributed by atoms with E-state index in [1.165, 1.54) is 0 Å². The van der Waals surface area contributed by atoms with E-state index < -0.39 is 7.82 Å². The second kappa shape index (κ2) is 24.6. The first-order valence-corrected chi connectivity index (χ1v) is 16.4. The van der Waals surface area contributed by atoms with Crippen LogP contribution >= 0.6 is 22.6 Å². The molecule has 0 aromatic carbocycles. The molecule has 4 nitrogen and oxygen atoms in total. The van der Waals surface area contributed by atoms with Crippen LogP contribution in [0.3, 0.4) is 0 Å². The third-order valence-corrected chi connectivity index (χ3v) is 0. The van der Waals surface area contributed by atoms with Crippen LogP contribution in [0.2, 0.25) is 0 Å². The first-order valence-electron chi connectivity index (χ1n) is 1.53. The van der Waals surface area contributed by atoms with E-state index in [1.807, 2.05) is 0 Å². The van der Waals surface area contributed by atoms with Crippen LogP contribution in [0.25, 0.3) is 0 Å². The normalized spacial score (nSPS) is 7.27. The predicted octanol–water partition coefficient (Wildman–Crippen LogP) is -1.90. The topological polar surface area (TPSA) is 86.2 Å². The van der Waals surface area contributed by atoms with Gasteiger partial charge < -0.3 is 19.2 Å². The zero-order valence-corrected chi connectivity index (χ0v) is 18.9. The molecule has 0 radical (unpaired) electrons. The monoisotopic (exact) mass is 464 g/mol. The maximum absolute atomic E-state index is 8.55. The summed E-state index contributed by atoms with van der Waals surface area (Å²) in [6.45, 7) is 0. The van der Waals surface area contributed by atoms with E-state index in [2.05, 4.69) is 0 Å². The molecule has 0 rings (SSSR count). The number of hydrogen-bond acceptors (Lipinski definition) is 4. The fourth-order valence-electron chi connectivity index (χ4n) is 0. The van der Waals surface area contributed by atoms with Crippen molar-refractivity contribution in [2.24, 2.45) is 0 Å². The van der Waals surface area contributed by atoms with Crippen molar-refractivity contribution in [3.8, 4) is 0 Å². The van der Waals surface area contributed by atoms with Crippen molar-refractivity contribution in [1.29, 1.82) is 0 Å². The molecule has 0 spiro atoms. The number of rotatable bonds is 0. The van der Waals surface area contributed by atoms with Gasteiger partial charge in [-0.15, -0.1) is 0 Å². The van der Waals surface area contributed by atoms with Crippen LogP contribution < -0.4 is 14.7 Å². The summed E-state index contributed by atoms with van der Waals surface area (Å²) < 4.78 is 8.55. The molecule has 0 unspecified atom stereocenters. The van der Waals surface area contributed by atoms with Crippen molar-refractivity contribution >= 4 is 147 Å². The summed E-state index contributed by atoms with van der Waals surface area (Å²) in [6.07, 6.45) is 0. The third-order valence-electron chi connectivity index (χ3n) is 0. The number of phosphoric acid groups is 1. The SMILES string of the molecule is O=P([O-])([O-])[O-].[Cl][Sr+].[Cl][Sr+].[Cl][Sr+]. The van der Waals surface area contributed by atoms with E-state index in [0.717, 1.165) is 0 Å². The molecule has 0 fully saturated rings. The second-order valence-corrected chi connectivity index (χ2v) is 1.34. The van der Waals surface area contributed by atoms with Gasteiger partial charge in [0.15, 0.2) is 0 Å². The Morgan fingerprint density at radius 3 is 0.818 bits per heavy atom. The summed E-state index contributed by atoms with van der Waals surface area (Å²) in [5.41, 5.74) is 0. The van der Waals surface area contributed by atoms with E-state index in [-0.39, 0.29) is 0 Å². The van der Waals surface area contributed by atoms with E-state index >= 15 is 0 Å². The summed E-state index contributed by atoms with van der Waals surface area (Å²) in [4.78, 5) is 40.1. The van der Waals surface area contributed by atoms with Gasteiger partial charge in [0.2, 0.25) is 0 Å². The van der Waals surface area contributed by atoms with E-state index in [4.69, 9.17) is 34.0 Å². The average Bonchev–Trinajstić information content (AvgIpc) is 1.96. The minimum atomic E-state index is -5.39. The van der Waals surface area contributed by atoms with Crippen LogP contribution in [-0.4, -0.2) is 125 Å². The first-order chi connectivity index (χ1) is 5.00. The molecule has 0 amide bonds. The van der Waals surface area contributed by atoms with Gasteiger partial charge in [0.05, 0.1) is 0 Å². The zero-order valence-electron chi connectivity index (χ0n) is 5.34. The van der Waals surface area contributed by atoms with Crippen molar-refractivity contribution < 1.29 is 19.2 Å². The van der Waals surface area contributed by atoms with E-state index in [1.54, 1.807) is 0 Å². The summed E-state index contributed by atoms with van der Waals surface area (Å²) in [5, 5.41) is 0. The molecule has 0 aromatic heterocycles. The van der Waals surface area contributed by atoms with Crippen LogP contribution in [0.1, 0.15) is 0 Å². The van der Waals surface area contributed by atoms with Crippen LogP contribution in [0.15, 0.2) is 0 Å². The standard InChI is InChI=1S/3ClH.H3O4P.3Sr/c;;;1-5(2,3)4;;;/h3*1H;(H3,1,2,3,4);;;/q;;;;3*+2/p-6. The summed E-state index contributed by atoms with van der Waals surface area (Å²) in [6, 6.07) is 0. The summed E-state index contributed by atoms with van der Waals surface area (Å²) in [5.74, 6) is 0. The van der Waals surface area contributed by atoms with E-state index in [0.29, 0.717) is 125 Å². The Labute approximate surface area is 161 Å². The van der Waals surface area contributed by atoms with Crippen LogP contribution in [0.4, 0.5) is 0 Å². The molecule has 11 heteroatoms. The molecule has 0 saturated heterocycles. The van der Waals surface area contributed by atoms with Gasteiger partial charge in [0.25, 0.3) is 0 Å². The summed E-state index contributed by atoms with van der Waals surface area (Å²) in [7, 11) is -5.39. The fraction of sp³-hybridized carbons (Fsp3) is 0. The van der Waals surface area contributed by atoms with E-state index in [9.17, 15) is 0 Å². The second-order valence-electron chi connectivity index (χ2n) is 0.447. The third kappa shape index (κ3) is 94.5. The van der Waals surface area contributed by atoms with Gasteiger partial charge in [0.1, 0.15) is 0 Å². The molecule has 0 bridgehead atoms. The quantitative estimate of drug-likeness (QED) is 0.310. The Bertz CT molecular complexity index is 66.7. The zero-order chi connectivity index (χ0) is 10.5. The molecular weight excluding hydrogens is 464 g/mol. The van der Waals surface area contributed by atoms with Crippen molar-refractivity contribution in [2.45, 2.75) is 0 Å². The Balaban J connectivity index is -0.0000000350. The molecule has 0 aromatic rings. The van der Waals surface area contributed by atoms with Gasteiger partial charge in [-0.2, -0.15) is 7.82 Å². The molecule has 0 aliphatic rings. The van der Waals surface area contributed by atoms with Crippen LogP contribution in [-0.2, 0) is 4.57 Å². The number of hydrogen-bond donors (Lipinski definition) is 0. The van der Waals surface area contributed by atoms with Gasteiger partial charge in [-0.25, -0.2) is 0 Å². The molecule has 11 heavy (non-hydrogen) atoms. The van der Waals surface area contributed by atoms with Crippen molar-refractivity contribution in [3.05, 3.63) is 0 Å². The molecule has 0 aliphatic carbocycles. The molecular formula is Cl3O4PSr3. The average molecular weight is 464 g/mol. The molecule has 0 saturated carbocycles. The Morgan fingerprint density at radius 1 is 0.818 bits per heavy atom. The fourth-order valence-corrected chi connectivity index (χ4v) is 0. The minimum absolute atomic E-state index is 0.622. The van der Waals surface area contributed by atoms with Crippen LogP contribution in [0, 0.1) is 0 Å². The van der Waals surface area contributed by atoms with Crippen molar-refractivity contribution in [1.82, 2.24) is 0 Å². The Hall–Kier alpha value is 5.42. The van der Waals surface area contributed by atoms with Gasteiger partial charge in [-0.05, 0) is 0 Å². The Morgan fingerprint density at radius 2 is 0.818 bits per heavy atom. The first kappa shape index (κ1) is 25.3. The molecule has 0 aliphatic heterocycles.